The molecule has 5 nitrogen and oxygen atoms in total. The Balaban J connectivity index is 2.43. The van der Waals surface area contributed by atoms with E-state index in [1.165, 1.54) is 0 Å². The van der Waals surface area contributed by atoms with E-state index in [1.807, 2.05) is 6.07 Å². The molecule has 0 aliphatic rings. The van der Waals surface area contributed by atoms with Crippen LogP contribution in [0.2, 0.25) is 0 Å². The minimum Gasteiger partial charge on any atom is -0.493 e. The van der Waals surface area contributed by atoms with Crippen molar-refractivity contribution < 1.29 is 13.9 Å². The van der Waals surface area contributed by atoms with E-state index in [9.17, 15) is 0 Å². The molecule has 2 rings (SSSR count). The molecule has 0 unspecified atom stereocenters. The molecule has 0 saturated heterocycles. The summed E-state index contributed by atoms with van der Waals surface area (Å²) in [7, 11) is 3.15. The van der Waals surface area contributed by atoms with E-state index in [4.69, 9.17) is 13.9 Å². The summed E-state index contributed by atoms with van der Waals surface area (Å²) in [6.07, 6.45) is 2.29. The molecule has 77 valence electrons. The third-order valence-corrected chi connectivity index (χ3v) is 1.95. The van der Waals surface area contributed by atoms with Crippen molar-refractivity contribution >= 4 is 0 Å². The molecule has 0 amide bonds. The maximum absolute atomic E-state index is 5.15. The topological polar surface area (TPSA) is 57.4 Å². The zero-order valence-electron chi connectivity index (χ0n) is 8.35. The average Bonchev–Trinajstić information content (AvgIpc) is 2.81. The van der Waals surface area contributed by atoms with Crippen molar-refractivity contribution in [3.8, 4) is 23.0 Å². The van der Waals surface area contributed by atoms with Gasteiger partial charge in [0.25, 0.3) is 0 Å². The fraction of sp³-hybridized carbons (Fsp3) is 0.200. The molecule has 0 aliphatic carbocycles. The first-order valence-electron chi connectivity index (χ1n) is 4.27. The van der Waals surface area contributed by atoms with Gasteiger partial charge < -0.3 is 13.9 Å². The Bertz CT molecular complexity index is 440. The van der Waals surface area contributed by atoms with Gasteiger partial charge in [-0.1, -0.05) is 0 Å². The van der Waals surface area contributed by atoms with Crippen molar-refractivity contribution in [2.24, 2.45) is 0 Å². The largest absolute Gasteiger partial charge is 0.493 e. The van der Waals surface area contributed by atoms with E-state index in [-0.39, 0.29) is 0 Å². The zero-order chi connectivity index (χ0) is 10.7. The molecule has 1 aromatic carbocycles. The monoisotopic (exact) mass is 205 g/mol. The Labute approximate surface area is 86.6 Å². The van der Waals surface area contributed by atoms with E-state index in [1.54, 1.807) is 26.4 Å². The number of aromatic nitrogens is 2. The summed E-state index contributed by atoms with van der Waals surface area (Å²) < 4.78 is 15.2. The maximum Gasteiger partial charge on any atom is 0.306 e. The highest BCUT2D eigenvalue weighted by Crippen LogP contribution is 2.31. The smallest absolute Gasteiger partial charge is 0.306 e. The summed E-state index contributed by atoms with van der Waals surface area (Å²) in [6.45, 7) is 0. The van der Waals surface area contributed by atoms with Gasteiger partial charge in [-0.15, -0.1) is 10.2 Å². The lowest BCUT2D eigenvalue weighted by Crippen LogP contribution is -1.90. The van der Waals surface area contributed by atoms with Gasteiger partial charge in [0, 0.05) is 5.56 Å². The molecule has 0 spiro atoms. The normalized spacial score (nSPS) is 10.0. The van der Waals surface area contributed by atoms with Crippen LogP contribution in [0.25, 0.3) is 11.5 Å². The molecule has 0 aliphatic heterocycles. The molecular weight excluding hydrogens is 196 g/mol. The summed E-state index contributed by atoms with van der Waals surface area (Å²) in [6, 6.07) is 5.35. The van der Waals surface area contributed by atoms with E-state index in [0.717, 1.165) is 5.56 Å². The van der Waals surface area contributed by atoms with Crippen LogP contribution in [0.4, 0.5) is 0 Å². The maximum atomic E-state index is 5.15. The van der Waals surface area contributed by atoms with Crippen LogP contribution in [0.5, 0.6) is 11.5 Å². The highest BCUT2D eigenvalue weighted by atomic mass is 16.5. The van der Waals surface area contributed by atoms with Crippen LogP contribution >= 0.6 is 0 Å². The summed E-state index contributed by atoms with van der Waals surface area (Å²) in [5.74, 6) is 1.67. The number of hydrogen-bond acceptors (Lipinski definition) is 5. The highest BCUT2D eigenvalue weighted by Gasteiger charge is 2.09. The minimum absolute atomic E-state index is 0.399. The number of methoxy groups -OCH3 is 2. The van der Waals surface area contributed by atoms with Gasteiger partial charge in [0.15, 0.2) is 11.5 Å². The second-order valence-corrected chi connectivity index (χ2v) is 2.77. The SMILES string of the molecule is COc1ccc(-c2nn[c]o2)cc1OC. The van der Waals surface area contributed by atoms with Gasteiger partial charge in [0.2, 0.25) is 5.89 Å². The molecule has 1 aromatic heterocycles. The van der Waals surface area contributed by atoms with Crippen molar-refractivity contribution in [2.45, 2.75) is 0 Å². The average molecular weight is 205 g/mol. The second-order valence-electron chi connectivity index (χ2n) is 2.77. The van der Waals surface area contributed by atoms with Crippen molar-refractivity contribution in [3.05, 3.63) is 24.6 Å². The van der Waals surface area contributed by atoms with Gasteiger partial charge in [0.05, 0.1) is 14.2 Å². The quantitative estimate of drug-likeness (QED) is 0.760. The number of rotatable bonds is 3. The third kappa shape index (κ3) is 1.76. The Morgan fingerprint density at radius 2 is 2.00 bits per heavy atom. The predicted molar refractivity (Wildman–Crippen MR) is 51.7 cm³/mol. The Hall–Kier alpha value is -2.04. The van der Waals surface area contributed by atoms with Crippen molar-refractivity contribution in [1.82, 2.24) is 10.2 Å². The van der Waals surface area contributed by atoms with E-state index in [2.05, 4.69) is 16.6 Å². The Morgan fingerprint density at radius 1 is 1.20 bits per heavy atom. The fourth-order valence-electron chi connectivity index (χ4n) is 1.24. The van der Waals surface area contributed by atoms with Gasteiger partial charge in [-0.25, -0.2) is 0 Å². The molecule has 0 atom stereocenters. The van der Waals surface area contributed by atoms with Gasteiger partial charge >= 0.3 is 6.39 Å². The van der Waals surface area contributed by atoms with Crippen LogP contribution in [-0.4, -0.2) is 24.4 Å². The lowest BCUT2D eigenvalue weighted by molar-refractivity contribution is 0.355. The number of nitrogens with zero attached hydrogens (tertiary/aromatic N) is 2. The summed E-state index contributed by atoms with van der Waals surface area (Å²) in [4.78, 5) is 0. The molecule has 0 bridgehead atoms. The van der Waals surface area contributed by atoms with E-state index >= 15 is 0 Å². The highest BCUT2D eigenvalue weighted by molar-refractivity contribution is 5.59. The van der Waals surface area contributed by atoms with Crippen LogP contribution in [0.1, 0.15) is 0 Å². The van der Waals surface area contributed by atoms with Crippen molar-refractivity contribution in [3.63, 3.8) is 0 Å². The second kappa shape index (κ2) is 4.00. The molecule has 15 heavy (non-hydrogen) atoms. The lowest BCUT2D eigenvalue weighted by Gasteiger charge is -2.07. The van der Waals surface area contributed by atoms with E-state index < -0.39 is 0 Å². The first-order chi connectivity index (χ1) is 7.35. The van der Waals surface area contributed by atoms with Gasteiger partial charge in [-0.3, -0.25) is 0 Å². The lowest BCUT2D eigenvalue weighted by atomic mass is 10.2. The molecule has 5 heteroatoms. The van der Waals surface area contributed by atoms with Crippen LogP contribution in [-0.2, 0) is 0 Å². The standard InChI is InChI=1S/C10H9N2O3/c1-13-8-4-3-7(5-9(8)14-2)10-12-11-6-15-10/h3-5H,1-2H3. The molecule has 2 aromatic rings. The Kier molecular flexibility index (Phi) is 2.53. The number of benzene rings is 1. The van der Waals surface area contributed by atoms with E-state index in [0.29, 0.717) is 17.4 Å². The predicted octanol–water partition coefficient (Wildman–Crippen LogP) is 1.55. The molecule has 0 saturated carbocycles. The number of ether oxygens (including phenoxy) is 2. The third-order valence-electron chi connectivity index (χ3n) is 1.95. The summed E-state index contributed by atoms with van der Waals surface area (Å²) in [5.41, 5.74) is 0.765. The first kappa shape index (κ1) is 9.51. The van der Waals surface area contributed by atoms with Gasteiger partial charge in [-0.2, -0.15) is 0 Å². The number of hydrogen-bond donors (Lipinski definition) is 0. The zero-order valence-corrected chi connectivity index (χ0v) is 8.35. The fourth-order valence-corrected chi connectivity index (χ4v) is 1.24. The van der Waals surface area contributed by atoms with Gasteiger partial charge in [0.1, 0.15) is 0 Å². The molecule has 0 fully saturated rings. The van der Waals surface area contributed by atoms with Gasteiger partial charge in [-0.05, 0) is 18.2 Å². The molecule has 1 heterocycles. The van der Waals surface area contributed by atoms with Crippen molar-refractivity contribution in [2.75, 3.05) is 14.2 Å². The molecule has 0 N–H and O–H groups in total. The van der Waals surface area contributed by atoms with Crippen LogP contribution in [0.15, 0.2) is 22.6 Å². The summed E-state index contributed by atoms with van der Waals surface area (Å²) >= 11 is 0. The van der Waals surface area contributed by atoms with Crippen LogP contribution in [0.3, 0.4) is 0 Å². The summed E-state index contributed by atoms with van der Waals surface area (Å²) in [5, 5.41) is 7.23. The van der Waals surface area contributed by atoms with Crippen molar-refractivity contribution in [1.29, 1.82) is 0 Å². The van der Waals surface area contributed by atoms with Crippen LogP contribution < -0.4 is 9.47 Å². The molecular formula is C10H9N2O3. The molecule has 1 radical (unpaired) electrons. The first-order valence-corrected chi connectivity index (χ1v) is 4.27. The Morgan fingerprint density at radius 3 is 2.60 bits per heavy atom. The minimum atomic E-state index is 0.399. The van der Waals surface area contributed by atoms with Crippen LogP contribution in [0, 0.1) is 6.39 Å².